The SMILES string of the molecule is CCC(=O)N(Cc1ccc(Br)cc1)[C@@H](Cc1ccccc1)C(=O)NC(C)C. The minimum atomic E-state index is -0.550. The van der Waals surface area contributed by atoms with Crippen LogP contribution in [0.2, 0.25) is 0 Å². The van der Waals surface area contributed by atoms with Crippen LogP contribution in [0.25, 0.3) is 0 Å². The van der Waals surface area contributed by atoms with Crippen molar-refractivity contribution in [3.63, 3.8) is 0 Å². The van der Waals surface area contributed by atoms with Gasteiger partial charge in [-0.3, -0.25) is 9.59 Å². The molecule has 0 saturated heterocycles. The maximum absolute atomic E-state index is 13.0. The smallest absolute Gasteiger partial charge is 0.243 e. The van der Waals surface area contributed by atoms with Crippen LogP contribution in [0, 0.1) is 0 Å². The fraction of sp³-hybridized carbons (Fsp3) is 0.364. The number of carbonyl (C=O) groups is 2. The topological polar surface area (TPSA) is 49.4 Å². The van der Waals surface area contributed by atoms with Crippen molar-refractivity contribution in [2.75, 3.05) is 0 Å². The molecule has 0 bridgehead atoms. The molecule has 2 aromatic carbocycles. The lowest BCUT2D eigenvalue weighted by Crippen LogP contribution is -2.51. The Morgan fingerprint density at radius 3 is 2.19 bits per heavy atom. The first-order valence-corrected chi connectivity index (χ1v) is 10.1. The normalized spacial score (nSPS) is 11.9. The molecule has 0 unspecified atom stereocenters. The van der Waals surface area contributed by atoms with E-state index in [4.69, 9.17) is 0 Å². The molecule has 0 heterocycles. The van der Waals surface area contributed by atoms with Crippen molar-refractivity contribution in [2.45, 2.75) is 52.2 Å². The molecule has 0 aliphatic rings. The van der Waals surface area contributed by atoms with Crippen molar-refractivity contribution in [3.8, 4) is 0 Å². The molecule has 0 aliphatic heterocycles. The van der Waals surface area contributed by atoms with Crippen molar-refractivity contribution < 1.29 is 9.59 Å². The Kier molecular flexibility index (Phi) is 8.04. The second kappa shape index (κ2) is 10.3. The number of benzene rings is 2. The van der Waals surface area contributed by atoms with Gasteiger partial charge in [-0.15, -0.1) is 0 Å². The minimum Gasteiger partial charge on any atom is -0.352 e. The second-order valence-corrected chi connectivity index (χ2v) is 7.79. The van der Waals surface area contributed by atoms with Gasteiger partial charge in [0.05, 0.1) is 0 Å². The van der Waals surface area contributed by atoms with Gasteiger partial charge < -0.3 is 10.2 Å². The lowest BCUT2D eigenvalue weighted by Gasteiger charge is -2.32. The van der Waals surface area contributed by atoms with Crippen LogP contribution in [0.5, 0.6) is 0 Å². The van der Waals surface area contributed by atoms with Crippen LogP contribution >= 0.6 is 15.9 Å². The van der Waals surface area contributed by atoms with Crippen molar-refractivity contribution in [3.05, 3.63) is 70.2 Å². The van der Waals surface area contributed by atoms with Crippen molar-refractivity contribution in [2.24, 2.45) is 0 Å². The molecule has 2 aromatic rings. The fourth-order valence-electron chi connectivity index (χ4n) is 2.92. The van der Waals surface area contributed by atoms with Crippen LogP contribution in [0.1, 0.15) is 38.3 Å². The molecule has 2 amide bonds. The number of halogens is 1. The van der Waals surface area contributed by atoms with E-state index in [1.165, 1.54) is 0 Å². The molecule has 0 aromatic heterocycles. The predicted octanol–water partition coefficient (Wildman–Crippen LogP) is 4.32. The third-order valence-electron chi connectivity index (χ3n) is 4.27. The maximum atomic E-state index is 13.0. The van der Waals surface area contributed by atoms with Gasteiger partial charge in [-0.2, -0.15) is 0 Å². The Labute approximate surface area is 170 Å². The molecule has 0 radical (unpaired) electrons. The van der Waals surface area contributed by atoms with E-state index in [9.17, 15) is 9.59 Å². The summed E-state index contributed by atoms with van der Waals surface area (Å²) in [5, 5.41) is 2.98. The summed E-state index contributed by atoms with van der Waals surface area (Å²) in [6.45, 7) is 6.09. The van der Waals surface area contributed by atoms with Gasteiger partial charge in [-0.25, -0.2) is 0 Å². The molecule has 144 valence electrons. The average Bonchev–Trinajstić information content (AvgIpc) is 2.65. The van der Waals surface area contributed by atoms with E-state index >= 15 is 0 Å². The van der Waals surface area contributed by atoms with Gasteiger partial charge >= 0.3 is 0 Å². The third-order valence-corrected chi connectivity index (χ3v) is 4.80. The van der Waals surface area contributed by atoms with Crippen LogP contribution in [0.15, 0.2) is 59.1 Å². The van der Waals surface area contributed by atoms with Gasteiger partial charge in [0, 0.05) is 29.9 Å². The predicted molar refractivity (Wildman–Crippen MR) is 112 cm³/mol. The summed E-state index contributed by atoms with van der Waals surface area (Å²) in [6, 6.07) is 17.1. The monoisotopic (exact) mass is 430 g/mol. The minimum absolute atomic E-state index is 0.0158. The fourth-order valence-corrected chi connectivity index (χ4v) is 3.19. The third kappa shape index (κ3) is 6.51. The number of carbonyl (C=O) groups excluding carboxylic acids is 2. The van der Waals surface area contributed by atoms with Gasteiger partial charge in [-0.1, -0.05) is 65.3 Å². The summed E-state index contributed by atoms with van der Waals surface area (Å²) in [5.74, 6) is -0.148. The number of nitrogens with zero attached hydrogens (tertiary/aromatic N) is 1. The van der Waals surface area contributed by atoms with Crippen LogP contribution in [0.3, 0.4) is 0 Å². The number of nitrogens with one attached hydrogen (secondary N) is 1. The summed E-state index contributed by atoms with van der Waals surface area (Å²) in [4.78, 5) is 27.4. The molecule has 5 heteroatoms. The molecule has 0 fully saturated rings. The summed E-state index contributed by atoms with van der Waals surface area (Å²) in [6.07, 6.45) is 0.846. The first-order chi connectivity index (χ1) is 12.9. The highest BCUT2D eigenvalue weighted by Gasteiger charge is 2.29. The molecule has 0 aliphatic carbocycles. The van der Waals surface area contributed by atoms with Gasteiger partial charge in [0.25, 0.3) is 0 Å². The van der Waals surface area contributed by atoms with E-state index in [2.05, 4.69) is 21.2 Å². The first-order valence-electron chi connectivity index (χ1n) is 9.29. The van der Waals surface area contributed by atoms with Crippen LogP contribution in [-0.4, -0.2) is 28.8 Å². The zero-order valence-electron chi connectivity index (χ0n) is 16.1. The lowest BCUT2D eigenvalue weighted by atomic mass is 10.0. The number of hydrogen-bond acceptors (Lipinski definition) is 2. The van der Waals surface area contributed by atoms with Crippen molar-refractivity contribution in [1.82, 2.24) is 10.2 Å². The molecule has 2 rings (SSSR count). The van der Waals surface area contributed by atoms with Crippen LogP contribution in [-0.2, 0) is 22.6 Å². The Balaban J connectivity index is 2.33. The van der Waals surface area contributed by atoms with Gasteiger partial charge in [0.1, 0.15) is 6.04 Å². The number of amides is 2. The maximum Gasteiger partial charge on any atom is 0.243 e. The molecule has 1 N–H and O–H groups in total. The van der Waals surface area contributed by atoms with E-state index < -0.39 is 6.04 Å². The number of hydrogen-bond donors (Lipinski definition) is 1. The van der Waals surface area contributed by atoms with Crippen molar-refractivity contribution in [1.29, 1.82) is 0 Å². The molecule has 27 heavy (non-hydrogen) atoms. The summed E-state index contributed by atoms with van der Waals surface area (Å²) >= 11 is 3.43. The molecular formula is C22H27BrN2O2. The van der Waals surface area contributed by atoms with E-state index in [0.29, 0.717) is 19.4 Å². The molecular weight excluding hydrogens is 404 g/mol. The Hall–Kier alpha value is -2.14. The van der Waals surface area contributed by atoms with Crippen LogP contribution in [0.4, 0.5) is 0 Å². The van der Waals surface area contributed by atoms with Crippen molar-refractivity contribution >= 4 is 27.7 Å². The molecule has 4 nitrogen and oxygen atoms in total. The standard InChI is InChI=1S/C22H27BrN2O2/c1-4-21(26)25(15-18-10-12-19(23)13-11-18)20(22(27)24-16(2)3)14-17-8-6-5-7-9-17/h5-13,16,20H,4,14-15H2,1-3H3,(H,24,27)/t20-/m0/s1. The Bertz CT molecular complexity index is 745. The Morgan fingerprint density at radius 2 is 1.63 bits per heavy atom. The average molecular weight is 431 g/mol. The number of rotatable bonds is 8. The highest BCUT2D eigenvalue weighted by atomic mass is 79.9. The van der Waals surface area contributed by atoms with Crippen LogP contribution < -0.4 is 5.32 Å². The van der Waals surface area contributed by atoms with E-state index in [1.54, 1.807) is 4.90 Å². The zero-order chi connectivity index (χ0) is 19.8. The largest absolute Gasteiger partial charge is 0.352 e. The lowest BCUT2D eigenvalue weighted by molar-refractivity contribution is -0.141. The zero-order valence-corrected chi connectivity index (χ0v) is 17.7. The molecule has 1 atom stereocenters. The first kappa shape index (κ1) is 21.2. The highest BCUT2D eigenvalue weighted by Crippen LogP contribution is 2.17. The Morgan fingerprint density at radius 1 is 1.00 bits per heavy atom. The molecule has 0 saturated carbocycles. The van der Waals surface area contributed by atoms with Gasteiger partial charge in [0.2, 0.25) is 11.8 Å². The van der Waals surface area contributed by atoms with Gasteiger partial charge in [-0.05, 0) is 37.1 Å². The highest BCUT2D eigenvalue weighted by molar-refractivity contribution is 9.10. The van der Waals surface area contributed by atoms with Gasteiger partial charge in [0.15, 0.2) is 0 Å². The van der Waals surface area contributed by atoms with E-state index in [0.717, 1.165) is 15.6 Å². The van der Waals surface area contributed by atoms with E-state index in [-0.39, 0.29) is 17.9 Å². The van der Waals surface area contributed by atoms with E-state index in [1.807, 2.05) is 75.4 Å². The molecule has 0 spiro atoms. The summed E-state index contributed by atoms with van der Waals surface area (Å²) < 4.78 is 0.984. The second-order valence-electron chi connectivity index (χ2n) is 6.87. The quantitative estimate of drug-likeness (QED) is 0.677. The summed E-state index contributed by atoms with van der Waals surface area (Å²) in [5.41, 5.74) is 2.03. The summed E-state index contributed by atoms with van der Waals surface area (Å²) in [7, 11) is 0.